The predicted molar refractivity (Wildman–Crippen MR) is 75.6 cm³/mol. The lowest BCUT2D eigenvalue weighted by Gasteiger charge is -2.23. The molecular formula is C14H12N2O2S. The molecule has 0 saturated heterocycles. The van der Waals surface area contributed by atoms with Gasteiger partial charge in [-0.1, -0.05) is 23.9 Å². The van der Waals surface area contributed by atoms with Crippen molar-refractivity contribution >= 4 is 17.4 Å². The van der Waals surface area contributed by atoms with Crippen molar-refractivity contribution in [1.82, 2.24) is 4.90 Å². The summed E-state index contributed by atoms with van der Waals surface area (Å²) in [7, 11) is 0. The minimum Gasteiger partial charge on any atom is -0.346 e. The minimum absolute atomic E-state index is 0.125. The first-order valence-corrected chi connectivity index (χ1v) is 6.80. The summed E-state index contributed by atoms with van der Waals surface area (Å²) in [6, 6.07) is 7.09. The minimum atomic E-state index is -0.381. The van der Waals surface area contributed by atoms with Crippen molar-refractivity contribution < 1.29 is 4.92 Å². The van der Waals surface area contributed by atoms with E-state index >= 15 is 0 Å². The van der Waals surface area contributed by atoms with E-state index in [4.69, 9.17) is 0 Å². The van der Waals surface area contributed by atoms with Crippen LogP contribution < -0.4 is 0 Å². The Bertz CT molecular complexity index is 590. The van der Waals surface area contributed by atoms with Gasteiger partial charge in [0, 0.05) is 34.3 Å². The molecule has 4 nitrogen and oxygen atoms in total. The van der Waals surface area contributed by atoms with Gasteiger partial charge < -0.3 is 4.90 Å². The monoisotopic (exact) mass is 272 g/mol. The van der Waals surface area contributed by atoms with Gasteiger partial charge in [0.05, 0.1) is 11.0 Å². The highest BCUT2D eigenvalue weighted by atomic mass is 32.2. The van der Waals surface area contributed by atoms with Crippen molar-refractivity contribution in [1.29, 1.82) is 0 Å². The Morgan fingerprint density at radius 1 is 1.32 bits per heavy atom. The second-order valence-corrected chi connectivity index (χ2v) is 5.53. The maximum Gasteiger partial charge on any atom is 0.269 e. The van der Waals surface area contributed by atoms with Crippen LogP contribution >= 0.6 is 11.8 Å². The van der Waals surface area contributed by atoms with Gasteiger partial charge in [-0.2, -0.15) is 0 Å². The van der Waals surface area contributed by atoms with Crippen LogP contribution in [0.25, 0.3) is 0 Å². The number of allylic oxidation sites excluding steroid dienone is 1. The summed E-state index contributed by atoms with van der Waals surface area (Å²) in [6.45, 7) is 0. The largest absolute Gasteiger partial charge is 0.346 e. The molecule has 0 N–H and O–H groups in total. The van der Waals surface area contributed by atoms with E-state index in [2.05, 4.69) is 35.5 Å². The quantitative estimate of drug-likeness (QED) is 0.622. The third kappa shape index (κ3) is 2.56. The molecule has 0 amide bonds. The van der Waals surface area contributed by atoms with Crippen LogP contribution in [0.3, 0.4) is 0 Å². The number of fused-ring (bicyclic) bond motifs is 1. The fourth-order valence-electron chi connectivity index (χ4n) is 2.10. The van der Waals surface area contributed by atoms with Crippen molar-refractivity contribution in [2.45, 2.75) is 17.4 Å². The highest BCUT2D eigenvalue weighted by molar-refractivity contribution is 8.03. The molecule has 0 fully saturated rings. The molecule has 2 aliphatic heterocycles. The van der Waals surface area contributed by atoms with Crippen molar-refractivity contribution in [3.8, 4) is 0 Å². The summed E-state index contributed by atoms with van der Waals surface area (Å²) >= 11 is 1.61. The first kappa shape index (κ1) is 12.0. The third-order valence-corrected chi connectivity index (χ3v) is 4.07. The Kier molecular flexibility index (Phi) is 3.13. The first-order valence-electron chi connectivity index (χ1n) is 5.99. The van der Waals surface area contributed by atoms with E-state index in [9.17, 15) is 10.1 Å². The lowest BCUT2D eigenvalue weighted by Crippen LogP contribution is -2.21. The number of hydrogen-bond donors (Lipinski definition) is 0. The standard InChI is InChI=1S/C14H12N2O2S/c17-16(18)12-4-6-13(7-5-12)19-14-8-3-11-2-1-9-15(11)10-14/h1,3-11H,2H2. The van der Waals surface area contributed by atoms with E-state index in [-0.39, 0.29) is 10.6 Å². The molecular weight excluding hydrogens is 260 g/mol. The Morgan fingerprint density at radius 2 is 2.11 bits per heavy atom. The molecule has 1 atom stereocenters. The molecule has 0 aromatic heterocycles. The fraction of sp³-hybridized carbons (Fsp3) is 0.143. The van der Waals surface area contributed by atoms with Gasteiger partial charge in [-0.15, -0.1) is 0 Å². The molecule has 0 aliphatic carbocycles. The summed E-state index contributed by atoms with van der Waals surface area (Å²) in [4.78, 5) is 14.5. The Labute approximate surface area is 115 Å². The highest BCUT2D eigenvalue weighted by Crippen LogP contribution is 2.33. The second kappa shape index (κ2) is 4.93. The van der Waals surface area contributed by atoms with Gasteiger partial charge >= 0.3 is 0 Å². The smallest absolute Gasteiger partial charge is 0.269 e. The van der Waals surface area contributed by atoms with Crippen molar-refractivity contribution in [2.75, 3.05) is 0 Å². The SMILES string of the molecule is O=[N+]([O-])c1ccc(SC2=CN3C=CCC3C=C2)cc1. The highest BCUT2D eigenvalue weighted by Gasteiger charge is 2.18. The van der Waals surface area contributed by atoms with Crippen LogP contribution in [0, 0.1) is 10.1 Å². The molecule has 1 unspecified atom stereocenters. The van der Waals surface area contributed by atoms with Crippen LogP contribution in [-0.4, -0.2) is 15.9 Å². The number of nitro benzene ring substituents is 1. The molecule has 0 spiro atoms. The maximum atomic E-state index is 10.6. The molecule has 19 heavy (non-hydrogen) atoms. The second-order valence-electron chi connectivity index (χ2n) is 4.38. The van der Waals surface area contributed by atoms with Crippen molar-refractivity contribution in [3.63, 3.8) is 0 Å². The van der Waals surface area contributed by atoms with Gasteiger partial charge in [-0.25, -0.2) is 0 Å². The zero-order valence-electron chi connectivity index (χ0n) is 10.1. The van der Waals surface area contributed by atoms with Gasteiger partial charge in [-0.05, 0) is 24.6 Å². The summed E-state index contributed by atoms with van der Waals surface area (Å²) in [5.74, 6) is 0. The summed E-state index contributed by atoms with van der Waals surface area (Å²) in [5, 5.41) is 10.6. The molecule has 2 heterocycles. The average Bonchev–Trinajstić information content (AvgIpc) is 2.87. The van der Waals surface area contributed by atoms with Crippen LogP contribution in [0.4, 0.5) is 5.69 Å². The Morgan fingerprint density at radius 3 is 2.84 bits per heavy atom. The predicted octanol–water partition coefficient (Wildman–Crippen LogP) is 3.69. The van der Waals surface area contributed by atoms with Crippen molar-refractivity contribution in [3.05, 3.63) is 69.9 Å². The number of nitro groups is 1. The number of hydrogen-bond acceptors (Lipinski definition) is 4. The topological polar surface area (TPSA) is 46.4 Å². The molecule has 1 aromatic rings. The van der Waals surface area contributed by atoms with Gasteiger partial charge in [0.25, 0.3) is 5.69 Å². The lowest BCUT2D eigenvalue weighted by atomic mass is 10.2. The molecule has 2 aliphatic rings. The van der Waals surface area contributed by atoms with E-state index in [0.717, 1.165) is 16.2 Å². The van der Waals surface area contributed by atoms with E-state index in [1.807, 2.05) is 0 Å². The van der Waals surface area contributed by atoms with Gasteiger partial charge in [0.2, 0.25) is 0 Å². The normalized spacial score (nSPS) is 20.3. The summed E-state index contributed by atoms with van der Waals surface area (Å²) in [5.41, 5.74) is 0.125. The number of nitrogens with zero attached hydrogens (tertiary/aromatic N) is 2. The number of thioether (sulfide) groups is 1. The average molecular weight is 272 g/mol. The lowest BCUT2D eigenvalue weighted by molar-refractivity contribution is -0.384. The third-order valence-electron chi connectivity index (χ3n) is 3.08. The molecule has 3 rings (SSSR count). The molecule has 0 bridgehead atoms. The Hall–Kier alpha value is -2.01. The summed E-state index contributed by atoms with van der Waals surface area (Å²) in [6.07, 6.45) is 11.7. The number of non-ortho nitro benzene ring substituents is 1. The molecule has 5 heteroatoms. The first-order chi connectivity index (χ1) is 9.22. The Balaban J connectivity index is 1.73. The van der Waals surface area contributed by atoms with Gasteiger partial charge in [-0.3, -0.25) is 10.1 Å². The van der Waals surface area contributed by atoms with Crippen LogP contribution in [0.1, 0.15) is 6.42 Å². The summed E-state index contributed by atoms with van der Waals surface area (Å²) < 4.78 is 0. The molecule has 96 valence electrons. The molecule has 0 saturated carbocycles. The zero-order valence-corrected chi connectivity index (χ0v) is 10.9. The van der Waals surface area contributed by atoms with E-state index in [0.29, 0.717) is 6.04 Å². The fourth-order valence-corrected chi connectivity index (χ4v) is 2.96. The number of benzene rings is 1. The van der Waals surface area contributed by atoms with Crippen LogP contribution in [-0.2, 0) is 0 Å². The molecule has 1 aromatic carbocycles. The van der Waals surface area contributed by atoms with Gasteiger partial charge in [0.15, 0.2) is 0 Å². The molecule has 0 radical (unpaired) electrons. The van der Waals surface area contributed by atoms with E-state index < -0.39 is 0 Å². The van der Waals surface area contributed by atoms with Crippen LogP contribution in [0.5, 0.6) is 0 Å². The maximum absolute atomic E-state index is 10.6. The van der Waals surface area contributed by atoms with E-state index in [1.54, 1.807) is 23.9 Å². The van der Waals surface area contributed by atoms with Crippen LogP contribution in [0.2, 0.25) is 0 Å². The van der Waals surface area contributed by atoms with Crippen molar-refractivity contribution in [2.24, 2.45) is 0 Å². The van der Waals surface area contributed by atoms with Crippen LogP contribution in [0.15, 0.2) is 64.7 Å². The van der Waals surface area contributed by atoms with Gasteiger partial charge in [0.1, 0.15) is 0 Å². The number of rotatable bonds is 3. The van der Waals surface area contributed by atoms with E-state index in [1.165, 1.54) is 12.1 Å². The zero-order chi connectivity index (χ0) is 13.2.